The van der Waals surface area contributed by atoms with E-state index in [1.807, 2.05) is 6.07 Å². The Bertz CT molecular complexity index is 512. The first-order valence-electron chi connectivity index (χ1n) is 5.21. The number of hydrogen-bond donors (Lipinski definition) is 1. The van der Waals surface area contributed by atoms with Gasteiger partial charge in [-0.05, 0) is 36.9 Å². The normalized spacial score (nSPS) is 10.8. The molecule has 0 saturated heterocycles. The van der Waals surface area contributed by atoms with Crippen LogP contribution < -0.4 is 5.73 Å². The van der Waals surface area contributed by atoms with E-state index in [0.29, 0.717) is 18.5 Å². The van der Waals surface area contributed by atoms with E-state index in [-0.39, 0.29) is 5.82 Å². The molecule has 0 fully saturated rings. The molecule has 0 bridgehead atoms. The number of benzene rings is 1. The molecule has 0 aliphatic carbocycles. The maximum absolute atomic E-state index is 13.7. The van der Waals surface area contributed by atoms with Crippen molar-refractivity contribution in [1.29, 1.82) is 0 Å². The Kier molecular flexibility index (Phi) is 3.75. The summed E-state index contributed by atoms with van der Waals surface area (Å²) in [5.74, 6) is -0.220. The van der Waals surface area contributed by atoms with Crippen molar-refractivity contribution in [3.63, 3.8) is 0 Å². The van der Waals surface area contributed by atoms with Gasteiger partial charge < -0.3 is 5.73 Å². The first kappa shape index (κ1) is 12.1. The number of nitrogens with two attached hydrogens (primary N) is 1. The van der Waals surface area contributed by atoms with Crippen molar-refractivity contribution in [1.82, 2.24) is 14.8 Å². The molecule has 0 atom stereocenters. The fourth-order valence-corrected chi connectivity index (χ4v) is 2.44. The van der Waals surface area contributed by atoms with Gasteiger partial charge >= 0.3 is 0 Å². The average Bonchev–Trinajstić information content (AvgIpc) is 2.70. The molecule has 0 aliphatic rings. The lowest BCUT2D eigenvalue weighted by atomic mass is 10.1. The van der Waals surface area contributed by atoms with Gasteiger partial charge in [0.15, 0.2) is 5.16 Å². The average molecular weight is 252 g/mol. The minimum Gasteiger partial charge on any atom is -0.330 e. The van der Waals surface area contributed by atoms with Crippen LogP contribution in [0.25, 0.3) is 0 Å². The second kappa shape index (κ2) is 5.29. The molecule has 0 amide bonds. The van der Waals surface area contributed by atoms with Gasteiger partial charge in [0.05, 0.1) is 0 Å². The lowest BCUT2D eigenvalue weighted by Gasteiger charge is -2.08. The summed E-state index contributed by atoms with van der Waals surface area (Å²) in [6, 6.07) is 5.01. The standard InChI is InChI=1S/C11H13FN4S/c1-16-11(14-7-15-16)17-10-4-2-3-9(12)8(10)5-6-13/h2-4,7H,5-6,13H2,1H3. The van der Waals surface area contributed by atoms with Crippen molar-refractivity contribution in [3.8, 4) is 0 Å². The van der Waals surface area contributed by atoms with Gasteiger partial charge in [0.25, 0.3) is 0 Å². The van der Waals surface area contributed by atoms with Gasteiger partial charge in [0.1, 0.15) is 12.1 Å². The molecule has 2 rings (SSSR count). The quantitative estimate of drug-likeness (QED) is 0.898. The van der Waals surface area contributed by atoms with Crippen molar-refractivity contribution >= 4 is 11.8 Å². The predicted molar refractivity (Wildman–Crippen MR) is 64.3 cm³/mol. The minimum absolute atomic E-state index is 0.220. The predicted octanol–water partition coefficient (Wildman–Crippen LogP) is 1.61. The molecule has 6 heteroatoms. The van der Waals surface area contributed by atoms with E-state index in [1.54, 1.807) is 17.8 Å². The summed E-state index contributed by atoms with van der Waals surface area (Å²) in [4.78, 5) is 4.94. The molecule has 1 heterocycles. The third-order valence-corrected chi connectivity index (χ3v) is 3.50. The van der Waals surface area contributed by atoms with Crippen LogP contribution in [0.5, 0.6) is 0 Å². The number of aryl methyl sites for hydroxylation is 1. The first-order chi connectivity index (χ1) is 8.22. The molecule has 1 aromatic carbocycles. The maximum atomic E-state index is 13.7. The lowest BCUT2D eigenvalue weighted by molar-refractivity contribution is 0.603. The summed E-state index contributed by atoms with van der Waals surface area (Å²) < 4.78 is 15.3. The third kappa shape index (κ3) is 2.65. The topological polar surface area (TPSA) is 56.7 Å². The van der Waals surface area contributed by atoms with E-state index in [9.17, 15) is 4.39 Å². The van der Waals surface area contributed by atoms with Gasteiger partial charge in [-0.1, -0.05) is 6.07 Å². The fraction of sp³-hybridized carbons (Fsp3) is 0.273. The van der Waals surface area contributed by atoms with Crippen LogP contribution in [-0.4, -0.2) is 21.3 Å². The third-order valence-electron chi connectivity index (χ3n) is 2.34. The molecule has 2 aromatic rings. The molecule has 4 nitrogen and oxygen atoms in total. The summed E-state index contributed by atoms with van der Waals surface area (Å²) in [6.07, 6.45) is 2.00. The van der Waals surface area contributed by atoms with Crippen molar-refractivity contribution in [2.75, 3.05) is 6.54 Å². The zero-order valence-electron chi connectivity index (χ0n) is 9.43. The molecular formula is C11H13FN4S. The fourth-order valence-electron chi connectivity index (χ4n) is 1.50. The van der Waals surface area contributed by atoms with Crippen LogP contribution >= 0.6 is 11.8 Å². The zero-order chi connectivity index (χ0) is 12.3. The monoisotopic (exact) mass is 252 g/mol. The van der Waals surface area contributed by atoms with Crippen LogP contribution in [0, 0.1) is 5.82 Å². The van der Waals surface area contributed by atoms with Gasteiger partial charge in [0, 0.05) is 17.5 Å². The Morgan fingerprint density at radius 1 is 1.47 bits per heavy atom. The Morgan fingerprint density at radius 2 is 2.29 bits per heavy atom. The molecule has 1 aromatic heterocycles. The largest absolute Gasteiger partial charge is 0.330 e. The summed E-state index contributed by atoms with van der Waals surface area (Å²) >= 11 is 1.40. The van der Waals surface area contributed by atoms with Crippen LogP contribution in [0.15, 0.2) is 34.6 Å². The molecule has 0 spiro atoms. The molecule has 0 radical (unpaired) electrons. The molecule has 0 unspecified atom stereocenters. The number of rotatable bonds is 4. The first-order valence-corrected chi connectivity index (χ1v) is 6.03. The smallest absolute Gasteiger partial charge is 0.190 e. The van der Waals surface area contributed by atoms with Crippen LogP contribution in [-0.2, 0) is 13.5 Å². The second-order valence-corrected chi connectivity index (χ2v) is 4.53. The Hall–Kier alpha value is -1.40. The Balaban J connectivity index is 2.32. The summed E-state index contributed by atoms with van der Waals surface area (Å²) in [7, 11) is 1.80. The molecule has 2 N–H and O–H groups in total. The number of hydrogen-bond acceptors (Lipinski definition) is 4. The van der Waals surface area contributed by atoms with Crippen LogP contribution in [0.2, 0.25) is 0 Å². The van der Waals surface area contributed by atoms with Crippen molar-refractivity contribution in [2.45, 2.75) is 16.5 Å². The molecule has 17 heavy (non-hydrogen) atoms. The minimum atomic E-state index is -0.220. The molecule has 90 valence electrons. The summed E-state index contributed by atoms with van der Waals surface area (Å²) in [5.41, 5.74) is 6.13. The van der Waals surface area contributed by atoms with E-state index in [1.165, 1.54) is 24.2 Å². The lowest BCUT2D eigenvalue weighted by Crippen LogP contribution is -2.06. The van der Waals surface area contributed by atoms with Crippen LogP contribution in [0.4, 0.5) is 4.39 Å². The van der Waals surface area contributed by atoms with E-state index in [2.05, 4.69) is 10.1 Å². The summed E-state index contributed by atoms with van der Waals surface area (Å²) in [5, 5.41) is 4.71. The highest BCUT2D eigenvalue weighted by atomic mass is 32.2. The van der Waals surface area contributed by atoms with Gasteiger partial charge in [-0.2, -0.15) is 5.10 Å². The second-order valence-electron chi connectivity index (χ2n) is 3.52. The van der Waals surface area contributed by atoms with E-state index >= 15 is 0 Å². The van der Waals surface area contributed by atoms with Gasteiger partial charge in [-0.25, -0.2) is 14.1 Å². The molecular weight excluding hydrogens is 239 g/mol. The van der Waals surface area contributed by atoms with Crippen molar-refractivity contribution in [2.24, 2.45) is 12.8 Å². The SMILES string of the molecule is Cn1ncnc1Sc1cccc(F)c1CCN. The highest BCUT2D eigenvalue weighted by Gasteiger charge is 2.11. The zero-order valence-corrected chi connectivity index (χ0v) is 10.2. The summed E-state index contributed by atoms with van der Waals surface area (Å²) in [6.45, 7) is 0.424. The van der Waals surface area contributed by atoms with Gasteiger partial charge in [0.2, 0.25) is 0 Å². The van der Waals surface area contributed by atoms with E-state index in [4.69, 9.17) is 5.73 Å². The number of nitrogens with zero attached hydrogens (tertiary/aromatic N) is 3. The van der Waals surface area contributed by atoms with E-state index in [0.717, 1.165) is 10.1 Å². The maximum Gasteiger partial charge on any atom is 0.190 e. The Labute approximate surface area is 103 Å². The highest BCUT2D eigenvalue weighted by molar-refractivity contribution is 7.99. The van der Waals surface area contributed by atoms with Gasteiger partial charge in [-0.15, -0.1) is 0 Å². The van der Waals surface area contributed by atoms with Crippen LogP contribution in [0.1, 0.15) is 5.56 Å². The molecule has 0 aliphatic heterocycles. The highest BCUT2D eigenvalue weighted by Crippen LogP contribution is 2.30. The van der Waals surface area contributed by atoms with Gasteiger partial charge in [-0.3, -0.25) is 0 Å². The molecule has 0 saturated carbocycles. The number of aromatic nitrogens is 3. The Morgan fingerprint density at radius 3 is 2.94 bits per heavy atom. The number of halogens is 1. The van der Waals surface area contributed by atoms with Crippen molar-refractivity contribution < 1.29 is 4.39 Å². The van der Waals surface area contributed by atoms with Crippen LogP contribution in [0.3, 0.4) is 0 Å². The van der Waals surface area contributed by atoms with Crippen molar-refractivity contribution in [3.05, 3.63) is 35.9 Å². The van der Waals surface area contributed by atoms with E-state index < -0.39 is 0 Å².